The van der Waals surface area contributed by atoms with Gasteiger partial charge in [0, 0.05) is 6.54 Å². The monoisotopic (exact) mass is 153 g/mol. The average molecular weight is 153 g/mol. The highest BCUT2D eigenvalue weighted by molar-refractivity contribution is 5.82. The molecule has 0 aromatic rings. The van der Waals surface area contributed by atoms with Crippen molar-refractivity contribution in [1.82, 2.24) is 5.32 Å². The highest BCUT2D eigenvalue weighted by Crippen LogP contribution is 2.12. The summed E-state index contributed by atoms with van der Waals surface area (Å²) < 4.78 is 5.35. The summed E-state index contributed by atoms with van der Waals surface area (Å²) in [4.78, 5) is 4.26. The molecule has 1 unspecified atom stereocenters. The average Bonchev–Trinajstić information content (AvgIpc) is 2.58. The zero-order valence-corrected chi connectivity index (χ0v) is 6.62. The molecule has 11 heavy (non-hydrogen) atoms. The van der Waals surface area contributed by atoms with Crippen molar-refractivity contribution >= 4 is 5.90 Å². The van der Waals surface area contributed by atoms with Crippen LogP contribution in [0.4, 0.5) is 0 Å². The van der Waals surface area contributed by atoms with Crippen LogP contribution in [0.15, 0.2) is 4.99 Å². The van der Waals surface area contributed by atoms with Gasteiger partial charge in [-0.15, -0.1) is 0 Å². The maximum Gasteiger partial charge on any atom is 0.202 e. The molecule has 0 saturated carbocycles. The molecule has 61 valence electrons. The van der Waals surface area contributed by atoms with E-state index in [2.05, 4.69) is 10.3 Å². The van der Waals surface area contributed by atoms with Gasteiger partial charge in [-0.05, 0) is 19.3 Å². The van der Waals surface area contributed by atoms with Crippen molar-refractivity contribution in [1.29, 1.82) is 0 Å². The van der Waals surface area contributed by atoms with Crippen LogP contribution in [0.5, 0.6) is 0 Å². The minimum Gasteiger partial charge on any atom is -0.478 e. The van der Waals surface area contributed by atoms with E-state index in [1.54, 1.807) is 0 Å². The summed E-state index contributed by atoms with van der Waals surface area (Å²) in [6.45, 7) is 2.59. The van der Waals surface area contributed by atoms with Crippen molar-refractivity contribution in [2.24, 2.45) is 4.99 Å². The van der Waals surface area contributed by atoms with Gasteiger partial charge in [0.25, 0.3) is 0 Å². The van der Waals surface area contributed by atoms with Gasteiger partial charge in [0.2, 0.25) is 5.90 Å². The second-order valence-corrected chi connectivity index (χ2v) is 2.99. The molecule has 0 aromatic carbocycles. The lowest BCUT2D eigenvalue weighted by molar-refractivity contribution is 0.311. The van der Waals surface area contributed by atoms with Crippen LogP contribution >= 0.6 is 0 Å². The molecule has 0 amide bonds. The van der Waals surface area contributed by atoms with E-state index in [0.717, 1.165) is 32.0 Å². The lowest BCUT2D eigenvalue weighted by Gasteiger charge is -2.20. The van der Waals surface area contributed by atoms with Crippen molar-refractivity contribution in [2.45, 2.75) is 25.3 Å². The standard InChI is InChI=1S/C8H13N2O/c1-2-4-9-7(3-1)8-10-5-6-11-8/h7H,1-6H2. The largest absolute Gasteiger partial charge is 0.478 e. The van der Waals surface area contributed by atoms with Crippen molar-refractivity contribution in [3.8, 4) is 0 Å². The van der Waals surface area contributed by atoms with Crippen LogP contribution in [-0.4, -0.2) is 31.6 Å². The van der Waals surface area contributed by atoms with Crippen LogP contribution in [0.25, 0.3) is 0 Å². The zero-order valence-electron chi connectivity index (χ0n) is 6.62. The Bertz CT molecular complexity index is 161. The third kappa shape index (κ3) is 1.53. The summed E-state index contributed by atoms with van der Waals surface area (Å²) in [5.74, 6) is 0.893. The predicted molar refractivity (Wildman–Crippen MR) is 42.9 cm³/mol. The predicted octanol–water partition coefficient (Wildman–Crippen LogP) is 0.572. The molecule has 1 atom stereocenters. The third-order valence-corrected chi connectivity index (χ3v) is 2.13. The van der Waals surface area contributed by atoms with E-state index in [1.165, 1.54) is 12.8 Å². The number of ether oxygens (including phenoxy) is 1. The van der Waals surface area contributed by atoms with Gasteiger partial charge >= 0.3 is 0 Å². The molecule has 2 aliphatic heterocycles. The van der Waals surface area contributed by atoms with E-state index in [0.29, 0.717) is 6.04 Å². The molecule has 3 heteroatoms. The Labute approximate surface area is 66.8 Å². The summed E-state index contributed by atoms with van der Waals surface area (Å²) in [6.07, 6.45) is 3.65. The fourth-order valence-electron chi connectivity index (χ4n) is 1.54. The molecule has 2 heterocycles. The van der Waals surface area contributed by atoms with Crippen LogP contribution in [0.3, 0.4) is 0 Å². The van der Waals surface area contributed by atoms with Crippen molar-refractivity contribution < 1.29 is 4.74 Å². The van der Waals surface area contributed by atoms with Crippen molar-refractivity contribution in [2.75, 3.05) is 19.7 Å². The molecule has 1 saturated heterocycles. The Balaban J connectivity index is 1.92. The van der Waals surface area contributed by atoms with Gasteiger partial charge in [-0.3, -0.25) is 4.99 Å². The summed E-state index contributed by atoms with van der Waals surface area (Å²) in [5.41, 5.74) is 0. The molecule has 0 spiro atoms. The Kier molecular flexibility index (Phi) is 2.08. The Hall–Kier alpha value is -0.570. The molecule has 0 aliphatic carbocycles. The maximum absolute atomic E-state index is 5.35. The highest BCUT2D eigenvalue weighted by Gasteiger charge is 2.23. The summed E-state index contributed by atoms with van der Waals surface area (Å²) in [5, 5.41) is 4.46. The van der Waals surface area contributed by atoms with Crippen LogP contribution < -0.4 is 5.32 Å². The quantitative estimate of drug-likeness (QED) is 0.542. The molecule has 3 nitrogen and oxygen atoms in total. The number of rotatable bonds is 1. The smallest absolute Gasteiger partial charge is 0.202 e. The van der Waals surface area contributed by atoms with Crippen molar-refractivity contribution in [3.05, 3.63) is 0 Å². The minimum atomic E-state index is 0.297. The van der Waals surface area contributed by atoms with Gasteiger partial charge in [-0.25, -0.2) is 5.32 Å². The molecule has 0 bridgehead atoms. The van der Waals surface area contributed by atoms with E-state index < -0.39 is 0 Å². The third-order valence-electron chi connectivity index (χ3n) is 2.13. The van der Waals surface area contributed by atoms with Gasteiger partial charge in [0.05, 0.1) is 6.54 Å². The Morgan fingerprint density at radius 1 is 1.27 bits per heavy atom. The van der Waals surface area contributed by atoms with Gasteiger partial charge in [0.1, 0.15) is 12.6 Å². The SMILES string of the molecule is C1CCC(C2=NCCO2)[N]C1. The maximum atomic E-state index is 5.35. The summed E-state index contributed by atoms with van der Waals surface area (Å²) >= 11 is 0. The molecule has 0 N–H and O–H groups in total. The first kappa shape index (κ1) is 7.10. The van der Waals surface area contributed by atoms with E-state index in [9.17, 15) is 0 Å². The lowest BCUT2D eigenvalue weighted by atomic mass is 10.1. The molecule has 2 rings (SSSR count). The molecule has 1 fully saturated rings. The number of hydrogen-bond acceptors (Lipinski definition) is 2. The fourth-order valence-corrected chi connectivity index (χ4v) is 1.54. The zero-order chi connectivity index (χ0) is 7.52. The van der Waals surface area contributed by atoms with E-state index in [1.807, 2.05) is 0 Å². The number of aliphatic imine (C=N–C) groups is 1. The Morgan fingerprint density at radius 3 is 2.91 bits per heavy atom. The van der Waals surface area contributed by atoms with Crippen LogP contribution in [0.1, 0.15) is 19.3 Å². The molecule has 2 aliphatic rings. The van der Waals surface area contributed by atoms with Gasteiger partial charge < -0.3 is 4.74 Å². The van der Waals surface area contributed by atoms with Gasteiger partial charge in [0.15, 0.2) is 0 Å². The molecular weight excluding hydrogens is 140 g/mol. The molecule has 1 radical (unpaired) electrons. The molecule has 0 aromatic heterocycles. The van der Waals surface area contributed by atoms with Gasteiger partial charge in [-0.2, -0.15) is 0 Å². The van der Waals surface area contributed by atoms with Gasteiger partial charge in [-0.1, -0.05) is 0 Å². The first-order valence-corrected chi connectivity index (χ1v) is 4.30. The topological polar surface area (TPSA) is 35.7 Å². The van der Waals surface area contributed by atoms with Crippen LogP contribution in [0, 0.1) is 0 Å². The molecular formula is C8H13N2O. The second-order valence-electron chi connectivity index (χ2n) is 2.99. The van der Waals surface area contributed by atoms with E-state index in [-0.39, 0.29) is 0 Å². The Morgan fingerprint density at radius 2 is 2.27 bits per heavy atom. The summed E-state index contributed by atoms with van der Waals surface area (Å²) in [6, 6.07) is 0.297. The summed E-state index contributed by atoms with van der Waals surface area (Å²) in [7, 11) is 0. The van der Waals surface area contributed by atoms with Crippen LogP contribution in [0.2, 0.25) is 0 Å². The minimum absolute atomic E-state index is 0.297. The van der Waals surface area contributed by atoms with Crippen LogP contribution in [-0.2, 0) is 4.74 Å². The number of hydrogen-bond donors (Lipinski definition) is 0. The normalized spacial score (nSPS) is 31.3. The van der Waals surface area contributed by atoms with E-state index >= 15 is 0 Å². The first-order valence-electron chi connectivity index (χ1n) is 4.30. The van der Waals surface area contributed by atoms with Crippen molar-refractivity contribution in [3.63, 3.8) is 0 Å². The number of piperidine rings is 1. The fraction of sp³-hybridized carbons (Fsp3) is 0.875. The number of nitrogens with zero attached hydrogens (tertiary/aromatic N) is 2. The first-order chi connectivity index (χ1) is 5.47. The highest BCUT2D eigenvalue weighted by atomic mass is 16.5. The van der Waals surface area contributed by atoms with E-state index in [4.69, 9.17) is 4.74 Å². The lowest BCUT2D eigenvalue weighted by Crippen LogP contribution is -2.35. The second kappa shape index (κ2) is 3.22.